The molecule has 0 aliphatic carbocycles. The van der Waals surface area contributed by atoms with E-state index in [4.69, 9.17) is 18.9 Å². The minimum Gasteiger partial charge on any atom is -0.493 e. The van der Waals surface area contributed by atoms with Crippen LogP contribution in [0.3, 0.4) is 0 Å². The van der Waals surface area contributed by atoms with E-state index < -0.39 is 0 Å². The molecular weight excluding hydrogens is 497 g/mol. The maximum atomic E-state index is 5.75. The number of halogens is 1. The Hall–Kier alpha value is -2.20. The van der Waals surface area contributed by atoms with Crippen molar-refractivity contribution < 1.29 is 18.9 Å². The summed E-state index contributed by atoms with van der Waals surface area (Å²) < 4.78 is 21.8. The summed E-state index contributed by atoms with van der Waals surface area (Å²) in [5.74, 6) is 2.92. The maximum Gasteiger partial charge on any atom is 0.195 e. The van der Waals surface area contributed by atoms with Crippen LogP contribution in [0.25, 0.3) is 0 Å². The summed E-state index contributed by atoms with van der Waals surface area (Å²) in [6, 6.07) is 13.7. The molecule has 0 spiro atoms. The van der Waals surface area contributed by atoms with E-state index in [1.54, 1.807) is 21.3 Å². The number of hydrogen-bond acceptors (Lipinski definition) is 5. The number of anilines is 1. The summed E-state index contributed by atoms with van der Waals surface area (Å²) >= 11 is 0. The number of methoxy groups -OCH3 is 2. The third-order valence-electron chi connectivity index (χ3n) is 4.07. The minimum absolute atomic E-state index is 0. The van der Waals surface area contributed by atoms with Crippen LogP contribution in [-0.4, -0.2) is 47.0 Å². The number of nitrogens with one attached hydrogen (secondary N) is 2. The zero-order valence-electron chi connectivity index (χ0n) is 18.1. The number of aliphatic imine (C=N–C) groups is 1. The monoisotopic (exact) mass is 529 g/mol. The van der Waals surface area contributed by atoms with E-state index in [1.165, 1.54) is 0 Å². The quantitative estimate of drug-likeness (QED) is 0.196. The van der Waals surface area contributed by atoms with Crippen molar-refractivity contribution in [2.75, 3.05) is 46.4 Å². The predicted molar refractivity (Wildman–Crippen MR) is 132 cm³/mol. The lowest BCUT2D eigenvalue weighted by atomic mass is 10.2. The SMILES string of the molecule is CCOc1cc(CNC(=NC)Nc2cccc(OCCCOC)c2)ccc1OC.I. The molecule has 0 amide bonds. The van der Waals surface area contributed by atoms with Crippen molar-refractivity contribution in [3.63, 3.8) is 0 Å². The molecule has 2 aromatic carbocycles. The number of guanidine groups is 1. The summed E-state index contributed by atoms with van der Waals surface area (Å²) in [7, 11) is 5.06. The second-order valence-corrected chi connectivity index (χ2v) is 6.19. The van der Waals surface area contributed by atoms with E-state index in [9.17, 15) is 0 Å². The molecule has 0 aromatic heterocycles. The molecule has 8 heteroatoms. The van der Waals surface area contributed by atoms with Gasteiger partial charge in [0.2, 0.25) is 0 Å². The molecule has 166 valence electrons. The van der Waals surface area contributed by atoms with Gasteiger partial charge in [-0.15, -0.1) is 24.0 Å². The van der Waals surface area contributed by atoms with Gasteiger partial charge in [0.15, 0.2) is 17.5 Å². The molecular formula is C22H32IN3O4. The minimum atomic E-state index is 0. The van der Waals surface area contributed by atoms with Gasteiger partial charge in [-0.1, -0.05) is 12.1 Å². The Morgan fingerprint density at radius 2 is 1.83 bits per heavy atom. The first kappa shape index (κ1) is 25.8. The Bertz CT molecular complexity index is 787. The number of ether oxygens (including phenoxy) is 4. The van der Waals surface area contributed by atoms with E-state index in [0.29, 0.717) is 32.3 Å². The maximum absolute atomic E-state index is 5.75. The zero-order chi connectivity index (χ0) is 20.9. The molecule has 0 saturated carbocycles. The van der Waals surface area contributed by atoms with Gasteiger partial charge in [0, 0.05) is 45.5 Å². The van der Waals surface area contributed by atoms with Crippen molar-refractivity contribution in [3.05, 3.63) is 48.0 Å². The average Bonchev–Trinajstić information content (AvgIpc) is 2.75. The molecule has 0 bridgehead atoms. The molecule has 7 nitrogen and oxygen atoms in total. The molecule has 0 aliphatic heterocycles. The van der Waals surface area contributed by atoms with Crippen LogP contribution in [0.2, 0.25) is 0 Å². The molecule has 0 heterocycles. The number of nitrogens with zero attached hydrogens (tertiary/aromatic N) is 1. The molecule has 0 radical (unpaired) electrons. The van der Waals surface area contributed by atoms with Gasteiger partial charge in [0.1, 0.15) is 5.75 Å². The molecule has 2 N–H and O–H groups in total. The highest BCUT2D eigenvalue weighted by Crippen LogP contribution is 2.28. The fraction of sp³-hybridized carbons (Fsp3) is 0.409. The van der Waals surface area contributed by atoms with Gasteiger partial charge in [0.25, 0.3) is 0 Å². The van der Waals surface area contributed by atoms with Crippen LogP contribution in [0.5, 0.6) is 17.2 Å². The lowest BCUT2D eigenvalue weighted by Crippen LogP contribution is -2.30. The largest absolute Gasteiger partial charge is 0.493 e. The third kappa shape index (κ3) is 8.66. The molecule has 30 heavy (non-hydrogen) atoms. The fourth-order valence-corrected chi connectivity index (χ4v) is 2.66. The lowest BCUT2D eigenvalue weighted by molar-refractivity contribution is 0.172. The van der Waals surface area contributed by atoms with Crippen molar-refractivity contribution >= 4 is 35.6 Å². The van der Waals surface area contributed by atoms with E-state index in [1.807, 2.05) is 49.4 Å². The zero-order valence-corrected chi connectivity index (χ0v) is 20.4. The summed E-state index contributed by atoms with van der Waals surface area (Å²) in [6.07, 6.45) is 0.850. The summed E-state index contributed by atoms with van der Waals surface area (Å²) in [4.78, 5) is 4.29. The highest BCUT2D eigenvalue weighted by atomic mass is 127. The molecule has 2 rings (SSSR count). The summed E-state index contributed by atoms with van der Waals surface area (Å²) in [5, 5.41) is 6.59. The Kier molecular flexibility index (Phi) is 12.7. The van der Waals surface area contributed by atoms with Crippen LogP contribution in [-0.2, 0) is 11.3 Å². The molecule has 0 unspecified atom stereocenters. The van der Waals surface area contributed by atoms with Crippen molar-refractivity contribution in [2.24, 2.45) is 4.99 Å². The third-order valence-corrected chi connectivity index (χ3v) is 4.07. The van der Waals surface area contributed by atoms with Crippen molar-refractivity contribution in [1.82, 2.24) is 5.32 Å². The molecule has 0 atom stereocenters. The fourth-order valence-electron chi connectivity index (χ4n) is 2.66. The Labute approximate surface area is 196 Å². The van der Waals surface area contributed by atoms with Gasteiger partial charge >= 0.3 is 0 Å². The van der Waals surface area contributed by atoms with Crippen LogP contribution >= 0.6 is 24.0 Å². The summed E-state index contributed by atoms with van der Waals surface area (Å²) in [6.45, 7) is 4.43. The van der Waals surface area contributed by atoms with E-state index in [2.05, 4.69) is 15.6 Å². The number of benzene rings is 2. The normalized spacial score (nSPS) is 10.7. The summed E-state index contributed by atoms with van der Waals surface area (Å²) in [5.41, 5.74) is 1.96. The molecule has 0 saturated heterocycles. The topological polar surface area (TPSA) is 73.3 Å². The molecule has 2 aromatic rings. The van der Waals surface area contributed by atoms with E-state index >= 15 is 0 Å². The second kappa shape index (κ2) is 14.7. The first-order chi connectivity index (χ1) is 14.2. The highest BCUT2D eigenvalue weighted by Gasteiger charge is 2.07. The average molecular weight is 529 g/mol. The van der Waals surface area contributed by atoms with Crippen LogP contribution < -0.4 is 24.8 Å². The van der Waals surface area contributed by atoms with Gasteiger partial charge < -0.3 is 29.6 Å². The molecule has 0 fully saturated rings. The van der Waals surface area contributed by atoms with Gasteiger partial charge in [-0.3, -0.25) is 4.99 Å². The van der Waals surface area contributed by atoms with Crippen molar-refractivity contribution in [2.45, 2.75) is 19.9 Å². The van der Waals surface area contributed by atoms with Crippen molar-refractivity contribution in [1.29, 1.82) is 0 Å². The van der Waals surface area contributed by atoms with Crippen LogP contribution in [0.15, 0.2) is 47.5 Å². The molecule has 0 aliphatic rings. The predicted octanol–water partition coefficient (Wildman–Crippen LogP) is 4.31. The van der Waals surface area contributed by atoms with Gasteiger partial charge in [-0.05, 0) is 36.8 Å². The Morgan fingerprint density at radius 3 is 2.53 bits per heavy atom. The van der Waals surface area contributed by atoms with E-state index in [0.717, 1.165) is 34.9 Å². The number of hydrogen-bond donors (Lipinski definition) is 2. The Balaban J connectivity index is 0.00000450. The lowest BCUT2D eigenvalue weighted by Gasteiger charge is -2.15. The van der Waals surface area contributed by atoms with Crippen LogP contribution in [0, 0.1) is 0 Å². The standard InChI is InChI=1S/C22H31N3O4.HI/c1-5-28-21-14-17(10-11-20(21)27-4)16-24-22(23-2)25-18-8-6-9-19(15-18)29-13-7-12-26-3;/h6,8-11,14-15H,5,7,12-13,16H2,1-4H3,(H2,23,24,25);1H. The van der Waals surface area contributed by atoms with Crippen molar-refractivity contribution in [3.8, 4) is 17.2 Å². The second-order valence-electron chi connectivity index (χ2n) is 6.19. The smallest absolute Gasteiger partial charge is 0.195 e. The van der Waals surface area contributed by atoms with Gasteiger partial charge in [0.05, 0.1) is 20.3 Å². The highest BCUT2D eigenvalue weighted by molar-refractivity contribution is 14.0. The first-order valence-corrected chi connectivity index (χ1v) is 9.69. The van der Waals surface area contributed by atoms with E-state index in [-0.39, 0.29) is 24.0 Å². The first-order valence-electron chi connectivity index (χ1n) is 9.69. The van der Waals surface area contributed by atoms with Gasteiger partial charge in [-0.25, -0.2) is 0 Å². The van der Waals surface area contributed by atoms with Gasteiger partial charge in [-0.2, -0.15) is 0 Å². The van der Waals surface area contributed by atoms with Crippen LogP contribution in [0.4, 0.5) is 5.69 Å². The van der Waals surface area contributed by atoms with Crippen LogP contribution in [0.1, 0.15) is 18.9 Å². The number of rotatable bonds is 11. The Morgan fingerprint density at radius 1 is 1.00 bits per heavy atom.